The summed E-state index contributed by atoms with van der Waals surface area (Å²) in [6, 6.07) is 17.6. The first-order valence-electron chi connectivity index (χ1n) is 10.0. The van der Waals surface area contributed by atoms with Crippen LogP contribution in [-0.4, -0.2) is 38.1 Å². The number of benzene rings is 3. The molecular formula is C25H22N2O7. The lowest BCUT2D eigenvalue weighted by molar-refractivity contribution is -0.384. The van der Waals surface area contributed by atoms with Gasteiger partial charge in [0, 0.05) is 29.8 Å². The highest BCUT2D eigenvalue weighted by atomic mass is 16.6. The number of nitrogens with one attached hydrogen (secondary N) is 1. The van der Waals surface area contributed by atoms with Crippen LogP contribution in [0.1, 0.15) is 21.5 Å². The number of ether oxygens (including phenoxy) is 3. The molecule has 0 spiro atoms. The number of hydrogen-bond donors (Lipinski definition) is 1. The van der Waals surface area contributed by atoms with Crippen LogP contribution in [-0.2, 0) is 9.53 Å². The molecule has 0 saturated heterocycles. The average Bonchev–Trinajstić information content (AvgIpc) is 2.87. The highest BCUT2D eigenvalue weighted by Crippen LogP contribution is 2.34. The van der Waals surface area contributed by atoms with E-state index in [1.54, 1.807) is 36.4 Å². The van der Waals surface area contributed by atoms with Gasteiger partial charge in [0.1, 0.15) is 0 Å². The number of carbonyl (C=O) groups is 2. The Bertz CT molecular complexity index is 1250. The Kier molecular flexibility index (Phi) is 7.60. The lowest BCUT2D eigenvalue weighted by Gasteiger charge is -2.16. The molecule has 174 valence electrons. The predicted molar refractivity (Wildman–Crippen MR) is 127 cm³/mol. The Hall–Kier alpha value is -4.66. The maximum Gasteiger partial charge on any atom is 0.340 e. The first kappa shape index (κ1) is 24.0. The van der Waals surface area contributed by atoms with Gasteiger partial charge in [-0.05, 0) is 17.2 Å². The number of esters is 1. The second-order valence-electron chi connectivity index (χ2n) is 6.97. The number of nitro groups is 1. The van der Waals surface area contributed by atoms with E-state index in [0.717, 1.165) is 0 Å². The van der Waals surface area contributed by atoms with E-state index >= 15 is 0 Å². The molecule has 9 heteroatoms. The quantitative estimate of drug-likeness (QED) is 0.171. The fraction of sp³-hybridized carbons (Fsp3) is 0.120. The summed E-state index contributed by atoms with van der Waals surface area (Å²) in [4.78, 5) is 36.4. The topological polar surface area (TPSA) is 117 Å². The van der Waals surface area contributed by atoms with Crippen LogP contribution in [0.25, 0.3) is 11.6 Å². The van der Waals surface area contributed by atoms with Crippen molar-refractivity contribution < 1.29 is 28.7 Å². The third-order valence-corrected chi connectivity index (χ3v) is 4.90. The van der Waals surface area contributed by atoms with E-state index < -0.39 is 16.8 Å². The van der Waals surface area contributed by atoms with Crippen LogP contribution >= 0.6 is 0 Å². The minimum atomic E-state index is -0.680. The number of methoxy groups -OCH3 is 3. The fourth-order valence-electron chi connectivity index (χ4n) is 3.24. The maximum atomic E-state index is 13.4. The monoisotopic (exact) mass is 462 g/mol. The van der Waals surface area contributed by atoms with Crippen molar-refractivity contribution >= 4 is 34.9 Å². The van der Waals surface area contributed by atoms with Gasteiger partial charge in [0.15, 0.2) is 11.5 Å². The third kappa shape index (κ3) is 5.39. The fourth-order valence-corrected chi connectivity index (χ4v) is 3.24. The molecule has 0 unspecified atom stereocenters. The number of nitrogens with zero attached hydrogens (tertiary/aromatic N) is 1. The summed E-state index contributed by atoms with van der Waals surface area (Å²) in [5.41, 5.74) is 1.38. The average molecular weight is 462 g/mol. The number of anilines is 1. The molecule has 0 saturated carbocycles. The van der Waals surface area contributed by atoms with E-state index in [2.05, 4.69) is 5.32 Å². The number of nitro benzene ring substituents is 1. The van der Waals surface area contributed by atoms with Gasteiger partial charge in [-0.25, -0.2) is 4.79 Å². The van der Waals surface area contributed by atoms with E-state index in [0.29, 0.717) is 16.9 Å². The molecule has 0 bridgehead atoms. The van der Waals surface area contributed by atoms with Crippen molar-refractivity contribution in [2.24, 2.45) is 0 Å². The first-order valence-corrected chi connectivity index (χ1v) is 10.0. The lowest BCUT2D eigenvalue weighted by Crippen LogP contribution is -2.17. The molecule has 34 heavy (non-hydrogen) atoms. The minimum absolute atomic E-state index is 0.0660. The van der Waals surface area contributed by atoms with Crippen molar-refractivity contribution in [2.45, 2.75) is 0 Å². The van der Waals surface area contributed by atoms with Crippen molar-refractivity contribution in [1.29, 1.82) is 0 Å². The zero-order valence-electron chi connectivity index (χ0n) is 18.7. The van der Waals surface area contributed by atoms with Gasteiger partial charge in [-0.15, -0.1) is 0 Å². The van der Waals surface area contributed by atoms with E-state index in [9.17, 15) is 19.7 Å². The molecule has 1 amide bonds. The second-order valence-corrected chi connectivity index (χ2v) is 6.97. The summed E-state index contributed by atoms with van der Waals surface area (Å²) in [6.07, 6.45) is 1.54. The zero-order valence-corrected chi connectivity index (χ0v) is 18.7. The molecule has 3 aromatic carbocycles. The summed E-state index contributed by atoms with van der Waals surface area (Å²) in [7, 11) is 4.08. The van der Waals surface area contributed by atoms with Crippen LogP contribution in [0.4, 0.5) is 11.4 Å². The van der Waals surface area contributed by atoms with E-state index in [-0.39, 0.29) is 28.3 Å². The van der Waals surface area contributed by atoms with Crippen molar-refractivity contribution in [3.05, 3.63) is 93.5 Å². The van der Waals surface area contributed by atoms with Crippen LogP contribution in [0, 0.1) is 10.1 Å². The van der Waals surface area contributed by atoms with Crippen molar-refractivity contribution in [3.63, 3.8) is 0 Å². The van der Waals surface area contributed by atoms with E-state index in [4.69, 9.17) is 14.2 Å². The molecule has 1 N–H and O–H groups in total. The summed E-state index contributed by atoms with van der Waals surface area (Å²) >= 11 is 0. The van der Waals surface area contributed by atoms with Gasteiger partial charge in [-0.1, -0.05) is 42.5 Å². The van der Waals surface area contributed by atoms with Crippen molar-refractivity contribution in [2.75, 3.05) is 26.6 Å². The number of hydrogen-bond acceptors (Lipinski definition) is 7. The maximum absolute atomic E-state index is 13.4. The number of amides is 1. The van der Waals surface area contributed by atoms with Gasteiger partial charge >= 0.3 is 5.97 Å². The number of carbonyl (C=O) groups excluding carboxylic acids is 2. The number of non-ortho nitro benzene ring substituents is 1. The molecule has 9 nitrogen and oxygen atoms in total. The zero-order chi connectivity index (χ0) is 24.7. The Morgan fingerprint density at radius 2 is 1.59 bits per heavy atom. The molecular weight excluding hydrogens is 440 g/mol. The van der Waals surface area contributed by atoms with Gasteiger partial charge in [-0.3, -0.25) is 14.9 Å². The van der Waals surface area contributed by atoms with Crippen molar-refractivity contribution in [1.82, 2.24) is 0 Å². The molecule has 3 aromatic rings. The molecule has 0 radical (unpaired) electrons. The molecule has 0 aliphatic carbocycles. The molecule has 3 rings (SSSR count). The Morgan fingerprint density at radius 3 is 2.21 bits per heavy atom. The smallest absolute Gasteiger partial charge is 0.340 e. The third-order valence-electron chi connectivity index (χ3n) is 4.90. The Balaban J connectivity index is 2.09. The normalized spacial score (nSPS) is 10.9. The summed E-state index contributed by atoms with van der Waals surface area (Å²) in [5.74, 6) is -0.638. The van der Waals surface area contributed by atoms with E-state index in [1.165, 1.54) is 57.7 Å². The summed E-state index contributed by atoms with van der Waals surface area (Å²) < 4.78 is 15.4. The molecule has 0 aliphatic heterocycles. The van der Waals surface area contributed by atoms with Gasteiger partial charge < -0.3 is 19.5 Å². The standard InChI is InChI=1S/C25H22N2O7/c1-32-22-14-20(25(29)34-3)21(15-23(22)33-2)26-24(28)19(17-9-5-4-6-10-17)13-16-8-7-11-18(12-16)27(30)31/h4-15H,1-3H3,(H,26,28)/b19-13+. The van der Waals surface area contributed by atoms with Crippen molar-refractivity contribution in [3.8, 4) is 11.5 Å². The van der Waals surface area contributed by atoms with Gasteiger partial charge in [0.2, 0.25) is 0 Å². The Labute approximate surface area is 195 Å². The molecule has 0 atom stereocenters. The van der Waals surface area contributed by atoms with Gasteiger partial charge in [-0.2, -0.15) is 0 Å². The summed E-state index contributed by atoms with van der Waals surface area (Å²) in [5, 5.41) is 13.9. The molecule has 0 heterocycles. The minimum Gasteiger partial charge on any atom is -0.493 e. The lowest BCUT2D eigenvalue weighted by atomic mass is 10.0. The van der Waals surface area contributed by atoms with E-state index in [1.807, 2.05) is 0 Å². The second kappa shape index (κ2) is 10.8. The summed E-state index contributed by atoms with van der Waals surface area (Å²) in [6.45, 7) is 0. The predicted octanol–water partition coefficient (Wildman–Crippen LogP) is 4.58. The molecule has 0 fully saturated rings. The number of rotatable bonds is 8. The van der Waals surface area contributed by atoms with Crippen LogP contribution in [0.3, 0.4) is 0 Å². The molecule has 0 aliphatic rings. The Morgan fingerprint density at radius 1 is 0.912 bits per heavy atom. The highest BCUT2D eigenvalue weighted by molar-refractivity contribution is 6.29. The van der Waals surface area contributed by atoms with Crippen LogP contribution in [0.2, 0.25) is 0 Å². The largest absolute Gasteiger partial charge is 0.493 e. The highest BCUT2D eigenvalue weighted by Gasteiger charge is 2.21. The van der Waals surface area contributed by atoms with Crippen LogP contribution in [0.15, 0.2) is 66.7 Å². The van der Waals surface area contributed by atoms with Gasteiger partial charge in [0.05, 0.1) is 37.5 Å². The van der Waals surface area contributed by atoms with Gasteiger partial charge in [0.25, 0.3) is 11.6 Å². The SMILES string of the molecule is COC(=O)c1cc(OC)c(OC)cc1NC(=O)/C(=C/c1cccc([N+](=O)[O-])c1)c1ccccc1. The molecule has 0 aromatic heterocycles. The van der Waals surface area contributed by atoms with Crippen LogP contribution < -0.4 is 14.8 Å². The first-order chi connectivity index (χ1) is 16.4. The van der Waals surface area contributed by atoms with Crippen LogP contribution in [0.5, 0.6) is 11.5 Å².